The number of ether oxygens (including phenoxy) is 1. The molecule has 1 aromatic heterocycles. The minimum Gasteiger partial charge on any atom is -0.468 e. The van der Waals surface area contributed by atoms with E-state index in [1.54, 1.807) is 12.2 Å². The van der Waals surface area contributed by atoms with E-state index in [0.717, 1.165) is 11.7 Å². The van der Waals surface area contributed by atoms with Gasteiger partial charge in [-0.15, -0.1) is 4.37 Å². The topological polar surface area (TPSA) is 160 Å². The second kappa shape index (κ2) is 11.8. The number of rotatable bonds is 11. The first-order chi connectivity index (χ1) is 19.5. The number of alkyl halides is 3. The number of ketones is 1. The summed E-state index contributed by atoms with van der Waals surface area (Å²) >= 11 is 0.912. The predicted octanol–water partition coefficient (Wildman–Crippen LogP) is 0.992. The number of halogens is 3. The average molecular weight is 617 g/mol. The maximum Gasteiger partial charge on any atom is 0.471 e. The van der Waals surface area contributed by atoms with Crippen LogP contribution in [0, 0.1) is 36.0 Å². The van der Waals surface area contributed by atoms with Crippen LogP contribution in [-0.4, -0.2) is 87.1 Å². The lowest BCUT2D eigenvalue weighted by Crippen LogP contribution is -2.59. The minimum absolute atomic E-state index is 0.00246. The fraction of sp³-hybridized carbons (Fsp3) is 0.731. The molecule has 1 aromatic rings. The molecular formula is C26H35F3N6O6S. The Bertz CT molecular complexity index is 1250. The van der Waals surface area contributed by atoms with Gasteiger partial charge >= 0.3 is 12.1 Å². The van der Waals surface area contributed by atoms with E-state index in [1.807, 2.05) is 13.8 Å². The Labute approximate surface area is 244 Å². The van der Waals surface area contributed by atoms with Gasteiger partial charge in [0.25, 0.3) is 0 Å². The van der Waals surface area contributed by atoms with Gasteiger partial charge in [0.2, 0.25) is 23.6 Å². The van der Waals surface area contributed by atoms with E-state index < -0.39 is 66.2 Å². The number of hydrogen-bond donors (Lipinski definition) is 3. The molecule has 2 aliphatic heterocycles. The van der Waals surface area contributed by atoms with Gasteiger partial charge in [-0.05, 0) is 42.9 Å². The van der Waals surface area contributed by atoms with Gasteiger partial charge in [-0.2, -0.15) is 17.5 Å². The van der Waals surface area contributed by atoms with Crippen molar-refractivity contribution < 1.29 is 41.9 Å². The van der Waals surface area contributed by atoms with Crippen molar-refractivity contribution >= 4 is 41.1 Å². The Kier molecular flexibility index (Phi) is 8.86. The van der Waals surface area contributed by atoms with Crippen molar-refractivity contribution in [3.05, 3.63) is 5.69 Å². The van der Waals surface area contributed by atoms with Crippen molar-refractivity contribution in [3.8, 4) is 5.88 Å². The molecule has 3 fully saturated rings. The number of fused-ring (bicyclic) bond motifs is 1. The highest BCUT2D eigenvalue weighted by molar-refractivity contribution is 6.99. The highest BCUT2D eigenvalue weighted by Crippen LogP contribution is 2.65. The van der Waals surface area contributed by atoms with Crippen LogP contribution in [0.4, 0.5) is 13.2 Å². The van der Waals surface area contributed by atoms with Crippen LogP contribution in [0.25, 0.3) is 0 Å². The fourth-order valence-corrected chi connectivity index (χ4v) is 6.51. The number of nitrogens with one attached hydrogen (secondary N) is 3. The van der Waals surface area contributed by atoms with Crippen LogP contribution in [-0.2, 0) is 24.0 Å². The van der Waals surface area contributed by atoms with Crippen molar-refractivity contribution in [2.45, 2.75) is 71.8 Å². The van der Waals surface area contributed by atoms with E-state index in [-0.39, 0.29) is 42.0 Å². The zero-order valence-electron chi connectivity index (χ0n) is 23.9. The van der Waals surface area contributed by atoms with Gasteiger partial charge in [0, 0.05) is 19.0 Å². The fourth-order valence-electron chi connectivity index (χ4n) is 6.01. The Morgan fingerprint density at radius 2 is 1.88 bits per heavy atom. The van der Waals surface area contributed by atoms with Crippen molar-refractivity contribution in [1.29, 1.82) is 0 Å². The number of Topliss-reactive ketones (excluding diaryl/α,β-unsaturated/α-hetero) is 1. The zero-order chi connectivity index (χ0) is 31.1. The molecule has 232 valence electrons. The number of nitrogens with zero attached hydrogens (tertiary/aromatic N) is 3. The molecule has 0 unspecified atom stereocenters. The second-order valence-electron chi connectivity index (χ2n) is 12.1. The maximum atomic E-state index is 13.8. The number of piperidine rings is 1. The van der Waals surface area contributed by atoms with Crippen LogP contribution >= 0.6 is 11.7 Å². The van der Waals surface area contributed by atoms with Gasteiger partial charge in [0.15, 0.2) is 12.4 Å². The number of amides is 4. The van der Waals surface area contributed by atoms with Gasteiger partial charge in [-0.3, -0.25) is 24.0 Å². The molecule has 3 aliphatic rings. The molecule has 12 nitrogen and oxygen atoms in total. The van der Waals surface area contributed by atoms with Crippen LogP contribution in [0.5, 0.6) is 5.88 Å². The highest BCUT2D eigenvalue weighted by atomic mass is 32.1. The molecule has 0 spiro atoms. The van der Waals surface area contributed by atoms with Crippen molar-refractivity contribution in [2.24, 2.45) is 29.1 Å². The third kappa shape index (κ3) is 6.37. The lowest BCUT2D eigenvalue weighted by Gasteiger charge is -2.35. The standard InChI is InChI=1S/C26H35F3N6O6S/c1-11(2)18(32-24(40)26(27,28)29)23(39)35-9-14-17(25(14,4)5)19(35)21(38)31-15(8-13-6-7-30-20(13)37)16(36)10-41-22-12(3)33-42-34-22/h11,13-15,17-19H,6-10H2,1-5H3,(H,30,37)(H,31,38)(H,32,40)/t13-,14-,15-,17-,18-,19-/m0/s1. The molecule has 0 aromatic carbocycles. The van der Waals surface area contributed by atoms with Gasteiger partial charge in [-0.25, -0.2) is 0 Å². The summed E-state index contributed by atoms with van der Waals surface area (Å²) in [6.07, 6.45) is -4.72. The smallest absolute Gasteiger partial charge is 0.468 e. The molecule has 2 saturated heterocycles. The average Bonchev–Trinajstić information content (AvgIpc) is 3.40. The lowest BCUT2D eigenvalue weighted by molar-refractivity contribution is -0.175. The summed E-state index contributed by atoms with van der Waals surface area (Å²) in [6.45, 7) is 8.61. The highest BCUT2D eigenvalue weighted by Gasteiger charge is 2.69. The summed E-state index contributed by atoms with van der Waals surface area (Å²) in [6, 6.07) is -3.74. The number of hydrogen-bond acceptors (Lipinski definition) is 9. The first-order valence-electron chi connectivity index (χ1n) is 13.7. The summed E-state index contributed by atoms with van der Waals surface area (Å²) in [5.74, 6) is -5.93. The molecule has 4 amide bonds. The summed E-state index contributed by atoms with van der Waals surface area (Å²) in [7, 11) is 0. The molecule has 4 rings (SSSR count). The molecule has 3 heterocycles. The third-order valence-electron chi connectivity index (χ3n) is 8.59. The molecule has 1 saturated carbocycles. The van der Waals surface area contributed by atoms with E-state index in [0.29, 0.717) is 18.7 Å². The molecule has 6 atom stereocenters. The lowest BCUT2D eigenvalue weighted by atomic mass is 9.94. The monoisotopic (exact) mass is 616 g/mol. The first kappa shape index (κ1) is 31.6. The normalized spacial score (nSPS) is 25.8. The quantitative estimate of drug-likeness (QED) is 0.332. The molecule has 3 N–H and O–H groups in total. The number of carbonyl (C=O) groups excluding carboxylic acids is 5. The van der Waals surface area contributed by atoms with Crippen LogP contribution in [0.2, 0.25) is 0 Å². The zero-order valence-corrected chi connectivity index (χ0v) is 24.7. The van der Waals surface area contributed by atoms with Crippen LogP contribution in [0.1, 0.15) is 46.2 Å². The van der Waals surface area contributed by atoms with Crippen molar-refractivity contribution in [2.75, 3.05) is 19.7 Å². The number of aryl methyl sites for hydroxylation is 1. The van der Waals surface area contributed by atoms with Crippen molar-refractivity contribution in [3.63, 3.8) is 0 Å². The maximum absolute atomic E-state index is 13.8. The number of likely N-dealkylation sites (tertiary alicyclic amines) is 1. The van der Waals surface area contributed by atoms with Gasteiger partial charge in [-0.1, -0.05) is 27.7 Å². The third-order valence-corrected chi connectivity index (χ3v) is 9.19. The Balaban J connectivity index is 1.54. The number of carbonyl (C=O) groups is 5. The molecule has 16 heteroatoms. The van der Waals surface area contributed by atoms with E-state index in [2.05, 4.69) is 19.4 Å². The second-order valence-corrected chi connectivity index (χ2v) is 12.6. The van der Waals surface area contributed by atoms with Crippen LogP contribution in [0.15, 0.2) is 0 Å². The Morgan fingerprint density at radius 3 is 2.43 bits per heavy atom. The van der Waals surface area contributed by atoms with Gasteiger partial charge < -0.3 is 25.6 Å². The summed E-state index contributed by atoms with van der Waals surface area (Å²) < 4.78 is 52.5. The summed E-state index contributed by atoms with van der Waals surface area (Å²) in [5, 5.41) is 7.20. The molecule has 0 radical (unpaired) electrons. The van der Waals surface area contributed by atoms with E-state index in [9.17, 15) is 37.1 Å². The Morgan fingerprint density at radius 1 is 1.19 bits per heavy atom. The first-order valence-corrected chi connectivity index (χ1v) is 14.5. The van der Waals surface area contributed by atoms with Gasteiger partial charge in [0.05, 0.1) is 17.8 Å². The predicted molar refractivity (Wildman–Crippen MR) is 142 cm³/mol. The summed E-state index contributed by atoms with van der Waals surface area (Å²) in [5.41, 5.74) is 0.160. The van der Waals surface area contributed by atoms with E-state index in [4.69, 9.17) is 4.74 Å². The van der Waals surface area contributed by atoms with Crippen molar-refractivity contribution in [1.82, 2.24) is 29.6 Å². The van der Waals surface area contributed by atoms with Crippen LogP contribution < -0.4 is 20.7 Å². The number of aromatic nitrogens is 2. The Hall–Kier alpha value is -3.30. The molecule has 0 bridgehead atoms. The largest absolute Gasteiger partial charge is 0.471 e. The van der Waals surface area contributed by atoms with Crippen LogP contribution in [0.3, 0.4) is 0 Å². The van der Waals surface area contributed by atoms with E-state index >= 15 is 0 Å². The molecule has 1 aliphatic carbocycles. The molecule has 42 heavy (non-hydrogen) atoms. The minimum atomic E-state index is -5.19. The SMILES string of the molecule is Cc1nsnc1OCC(=O)[C@H](C[C@@H]1CCNC1=O)NC(=O)[C@@H]1[C@@H]2[C@H](CN1C(=O)[C@@H](NC(=O)C(F)(F)F)C(C)C)C2(C)C. The molecular weight excluding hydrogens is 581 g/mol. The van der Waals surface area contributed by atoms with E-state index in [1.165, 1.54) is 18.7 Å². The van der Waals surface area contributed by atoms with Gasteiger partial charge in [0.1, 0.15) is 17.8 Å². The summed E-state index contributed by atoms with van der Waals surface area (Å²) in [4.78, 5) is 65.9.